The first-order valence-corrected chi connectivity index (χ1v) is 9.70. The summed E-state index contributed by atoms with van der Waals surface area (Å²) in [5, 5.41) is 14.5. The van der Waals surface area contributed by atoms with Crippen LogP contribution in [0, 0.1) is 10.1 Å². The molecule has 0 saturated carbocycles. The summed E-state index contributed by atoms with van der Waals surface area (Å²) in [5.41, 5.74) is 0.576. The van der Waals surface area contributed by atoms with Crippen LogP contribution < -0.4 is 10.1 Å². The zero-order valence-electron chi connectivity index (χ0n) is 16.3. The Kier molecular flexibility index (Phi) is 6.73. The molecular formula is C20H21ClN4O5. The first-order chi connectivity index (χ1) is 14.4. The number of methoxy groups -OCH3 is 1. The first kappa shape index (κ1) is 21.4. The average Bonchev–Trinajstić information content (AvgIpc) is 3.00. The first-order valence-electron chi connectivity index (χ1n) is 9.32. The van der Waals surface area contributed by atoms with Gasteiger partial charge in [0.1, 0.15) is 5.75 Å². The highest BCUT2D eigenvalue weighted by Gasteiger charge is 2.26. The Balaban J connectivity index is 1.68. The normalized spacial score (nSPS) is 14.1. The van der Waals surface area contributed by atoms with Crippen LogP contribution in [0.25, 0.3) is 0 Å². The van der Waals surface area contributed by atoms with Gasteiger partial charge in [0.15, 0.2) is 0 Å². The highest BCUT2D eigenvalue weighted by Crippen LogP contribution is 2.26. The van der Waals surface area contributed by atoms with Gasteiger partial charge in [0.25, 0.3) is 11.6 Å². The van der Waals surface area contributed by atoms with E-state index in [4.69, 9.17) is 16.3 Å². The molecule has 0 bridgehead atoms. The number of hydrogen-bond donors (Lipinski definition) is 1. The third kappa shape index (κ3) is 4.98. The Morgan fingerprint density at radius 1 is 1.07 bits per heavy atom. The topological polar surface area (TPSA) is 105 Å². The molecule has 1 aliphatic rings. The Labute approximate surface area is 178 Å². The lowest BCUT2D eigenvalue weighted by molar-refractivity contribution is -0.384. The van der Waals surface area contributed by atoms with Crippen LogP contribution in [0.3, 0.4) is 0 Å². The standard InChI is InChI=1S/C20H21ClN4O5/c1-30-18-8-7-16(25(28)29)13-17(18)19(26)23-9-2-10-24(12-11-23)20(27)22-15-5-3-14(21)4-6-15/h3-8,13H,2,9-12H2,1H3,(H,22,27). The molecule has 0 spiro atoms. The number of amides is 3. The van der Waals surface area contributed by atoms with Crippen LogP contribution in [-0.2, 0) is 0 Å². The van der Waals surface area contributed by atoms with Gasteiger partial charge in [0, 0.05) is 49.0 Å². The second-order valence-electron chi connectivity index (χ2n) is 6.71. The van der Waals surface area contributed by atoms with E-state index in [0.29, 0.717) is 43.3 Å². The molecule has 1 saturated heterocycles. The summed E-state index contributed by atoms with van der Waals surface area (Å²) in [6.45, 7) is 1.55. The number of rotatable bonds is 4. The molecule has 2 aromatic rings. The minimum absolute atomic E-state index is 0.130. The van der Waals surface area contributed by atoms with E-state index in [1.807, 2.05) is 0 Å². The zero-order valence-corrected chi connectivity index (χ0v) is 17.1. The number of carbonyl (C=O) groups is 2. The number of carbonyl (C=O) groups excluding carboxylic acids is 2. The zero-order chi connectivity index (χ0) is 21.7. The summed E-state index contributed by atoms with van der Waals surface area (Å²) in [6, 6.07) is 10.5. The molecule has 9 nitrogen and oxygen atoms in total. The van der Waals surface area contributed by atoms with Crippen LogP contribution in [0.4, 0.5) is 16.2 Å². The van der Waals surface area contributed by atoms with Gasteiger partial charge in [-0.3, -0.25) is 14.9 Å². The summed E-state index contributed by atoms with van der Waals surface area (Å²) in [6.07, 6.45) is 0.580. The lowest BCUT2D eigenvalue weighted by Crippen LogP contribution is -2.39. The smallest absolute Gasteiger partial charge is 0.321 e. The molecule has 1 heterocycles. The number of benzene rings is 2. The molecule has 10 heteroatoms. The van der Waals surface area contributed by atoms with Crippen LogP contribution in [-0.4, -0.2) is 60.0 Å². The maximum atomic E-state index is 13.0. The Morgan fingerprint density at radius 2 is 1.73 bits per heavy atom. The van der Waals surface area contributed by atoms with Gasteiger partial charge in [-0.15, -0.1) is 0 Å². The van der Waals surface area contributed by atoms with Crippen molar-refractivity contribution in [1.29, 1.82) is 0 Å². The fourth-order valence-electron chi connectivity index (χ4n) is 3.21. The monoisotopic (exact) mass is 432 g/mol. The van der Waals surface area contributed by atoms with Crippen molar-refractivity contribution in [3.8, 4) is 5.75 Å². The molecule has 2 aromatic carbocycles. The van der Waals surface area contributed by atoms with Gasteiger partial charge < -0.3 is 19.9 Å². The fourth-order valence-corrected chi connectivity index (χ4v) is 3.33. The molecular weight excluding hydrogens is 412 g/mol. The van der Waals surface area contributed by atoms with Crippen molar-refractivity contribution in [2.75, 3.05) is 38.6 Å². The highest BCUT2D eigenvalue weighted by atomic mass is 35.5. The Morgan fingerprint density at radius 3 is 2.40 bits per heavy atom. The van der Waals surface area contributed by atoms with Gasteiger partial charge in [-0.2, -0.15) is 0 Å². The van der Waals surface area contributed by atoms with Crippen molar-refractivity contribution in [3.05, 3.63) is 63.2 Å². The second kappa shape index (κ2) is 9.45. The van der Waals surface area contributed by atoms with Crippen LogP contribution >= 0.6 is 11.6 Å². The van der Waals surface area contributed by atoms with E-state index in [-0.39, 0.29) is 28.9 Å². The molecule has 158 valence electrons. The van der Waals surface area contributed by atoms with E-state index in [1.165, 1.54) is 25.3 Å². The summed E-state index contributed by atoms with van der Waals surface area (Å²) in [4.78, 5) is 39.3. The number of anilines is 1. The SMILES string of the molecule is COc1ccc([N+](=O)[O-])cc1C(=O)N1CCCN(C(=O)Nc2ccc(Cl)cc2)CC1. The Hall–Kier alpha value is -3.33. The molecule has 0 atom stereocenters. The maximum absolute atomic E-state index is 13.0. The van der Waals surface area contributed by atoms with Crippen LogP contribution in [0.5, 0.6) is 5.75 Å². The van der Waals surface area contributed by atoms with Crippen molar-refractivity contribution < 1.29 is 19.2 Å². The molecule has 0 radical (unpaired) electrons. The number of non-ortho nitro benzene ring substituents is 1. The molecule has 0 aromatic heterocycles. The average molecular weight is 433 g/mol. The number of hydrogen-bond acceptors (Lipinski definition) is 5. The van der Waals surface area contributed by atoms with Crippen LogP contribution in [0.1, 0.15) is 16.8 Å². The van der Waals surface area contributed by atoms with Gasteiger partial charge >= 0.3 is 6.03 Å². The van der Waals surface area contributed by atoms with Crippen LogP contribution in [0.15, 0.2) is 42.5 Å². The van der Waals surface area contributed by atoms with Gasteiger partial charge in [-0.1, -0.05) is 11.6 Å². The lowest BCUT2D eigenvalue weighted by atomic mass is 10.1. The van der Waals surface area contributed by atoms with Crippen molar-refractivity contribution >= 4 is 34.9 Å². The maximum Gasteiger partial charge on any atom is 0.321 e. The molecule has 3 amide bonds. The summed E-state index contributed by atoms with van der Waals surface area (Å²) in [5.74, 6) is -0.0947. The van der Waals surface area contributed by atoms with Gasteiger partial charge in [0.05, 0.1) is 17.6 Å². The molecule has 3 rings (SSSR count). The summed E-state index contributed by atoms with van der Waals surface area (Å²) >= 11 is 5.86. The van der Waals surface area contributed by atoms with E-state index in [0.717, 1.165) is 0 Å². The van der Waals surface area contributed by atoms with Crippen molar-refractivity contribution in [2.24, 2.45) is 0 Å². The van der Waals surface area contributed by atoms with Gasteiger partial charge in [-0.25, -0.2) is 4.79 Å². The predicted molar refractivity (Wildman–Crippen MR) is 112 cm³/mol. The molecule has 1 aliphatic heterocycles. The molecule has 0 unspecified atom stereocenters. The minimum atomic E-state index is -0.554. The largest absolute Gasteiger partial charge is 0.496 e. The van der Waals surface area contributed by atoms with E-state index < -0.39 is 4.92 Å². The van der Waals surface area contributed by atoms with E-state index in [1.54, 1.807) is 34.1 Å². The van der Waals surface area contributed by atoms with Crippen molar-refractivity contribution in [1.82, 2.24) is 9.80 Å². The van der Waals surface area contributed by atoms with Crippen molar-refractivity contribution in [2.45, 2.75) is 6.42 Å². The van der Waals surface area contributed by atoms with E-state index in [2.05, 4.69) is 5.32 Å². The second-order valence-corrected chi connectivity index (χ2v) is 7.15. The highest BCUT2D eigenvalue weighted by molar-refractivity contribution is 6.30. The number of halogens is 1. The van der Waals surface area contributed by atoms with E-state index >= 15 is 0 Å². The van der Waals surface area contributed by atoms with Crippen LogP contribution in [0.2, 0.25) is 5.02 Å². The third-order valence-electron chi connectivity index (χ3n) is 4.79. The minimum Gasteiger partial charge on any atom is -0.496 e. The van der Waals surface area contributed by atoms with Gasteiger partial charge in [-0.05, 0) is 36.8 Å². The molecule has 0 aliphatic carbocycles. The number of nitrogens with one attached hydrogen (secondary N) is 1. The van der Waals surface area contributed by atoms with Crippen molar-refractivity contribution in [3.63, 3.8) is 0 Å². The Bertz CT molecular complexity index is 951. The van der Waals surface area contributed by atoms with Gasteiger partial charge in [0.2, 0.25) is 0 Å². The number of nitro benzene ring substituents is 1. The lowest BCUT2D eigenvalue weighted by Gasteiger charge is -2.23. The predicted octanol–water partition coefficient (Wildman–Crippen LogP) is 3.64. The number of ether oxygens (including phenoxy) is 1. The number of nitrogens with zero attached hydrogens (tertiary/aromatic N) is 3. The third-order valence-corrected chi connectivity index (χ3v) is 5.04. The molecule has 1 N–H and O–H groups in total. The van der Waals surface area contributed by atoms with E-state index in [9.17, 15) is 19.7 Å². The number of urea groups is 1. The summed E-state index contributed by atoms with van der Waals surface area (Å²) in [7, 11) is 1.41. The fraction of sp³-hybridized carbons (Fsp3) is 0.300. The summed E-state index contributed by atoms with van der Waals surface area (Å²) < 4.78 is 5.20. The molecule has 1 fully saturated rings. The number of nitro groups is 1. The quantitative estimate of drug-likeness (QED) is 0.586. The molecule has 30 heavy (non-hydrogen) atoms.